The molecule has 1 atom stereocenters. The minimum absolute atomic E-state index is 0.179. The van der Waals surface area contributed by atoms with Crippen molar-refractivity contribution in [1.29, 1.82) is 0 Å². The van der Waals surface area contributed by atoms with Crippen LogP contribution < -0.4 is 16.0 Å². The molecule has 0 radical (unpaired) electrons. The van der Waals surface area contributed by atoms with Crippen LogP contribution in [0.15, 0.2) is 24.3 Å². The normalized spacial score (nSPS) is 11.5. The van der Waals surface area contributed by atoms with Crippen LogP contribution in [0.5, 0.6) is 0 Å². The van der Waals surface area contributed by atoms with Crippen molar-refractivity contribution in [3.8, 4) is 0 Å². The van der Waals surface area contributed by atoms with E-state index in [9.17, 15) is 9.59 Å². The second-order valence-corrected chi connectivity index (χ2v) is 4.48. The van der Waals surface area contributed by atoms with E-state index in [1.807, 2.05) is 32.0 Å². The lowest BCUT2D eigenvalue weighted by Crippen LogP contribution is -2.46. The molecular formula is C14H21N3O2. The molecule has 0 heterocycles. The number of amides is 3. The maximum atomic E-state index is 11.7. The molecule has 19 heavy (non-hydrogen) atoms. The zero-order chi connectivity index (χ0) is 14.3. The summed E-state index contributed by atoms with van der Waals surface area (Å²) in [6.45, 7) is 6.19. The maximum Gasteiger partial charge on any atom is 0.319 e. The Labute approximate surface area is 113 Å². The Morgan fingerprint density at radius 2 is 2.05 bits per heavy atom. The number of aryl methyl sites for hydroxylation is 1. The Bertz CT molecular complexity index is 446. The van der Waals surface area contributed by atoms with Crippen LogP contribution in [-0.4, -0.2) is 24.5 Å². The van der Waals surface area contributed by atoms with Gasteiger partial charge in [0.2, 0.25) is 5.91 Å². The van der Waals surface area contributed by atoms with Crippen LogP contribution in [-0.2, 0) is 4.79 Å². The van der Waals surface area contributed by atoms with E-state index in [0.29, 0.717) is 12.2 Å². The Balaban J connectivity index is 2.44. The predicted octanol–water partition coefficient (Wildman–Crippen LogP) is 2.03. The van der Waals surface area contributed by atoms with Crippen molar-refractivity contribution in [2.24, 2.45) is 0 Å². The van der Waals surface area contributed by atoms with Gasteiger partial charge in [-0.1, -0.05) is 19.1 Å². The van der Waals surface area contributed by atoms with Crippen molar-refractivity contribution in [2.45, 2.75) is 33.2 Å². The third kappa shape index (κ3) is 5.42. The van der Waals surface area contributed by atoms with Crippen molar-refractivity contribution in [3.05, 3.63) is 29.8 Å². The number of urea groups is 1. The molecule has 5 nitrogen and oxygen atoms in total. The molecule has 0 aliphatic heterocycles. The molecule has 0 fully saturated rings. The average molecular weight is 263 g/mol. The van der Waals surface area contributed by atoms with Gasteiger partial charge in [-0.25, -0.2) is 4.79 Å². The molecule has 0 bridgehead atoms. The summed E-state index contributed by atoms with van der Waals surface area (Å²) in [4.78, 5) is 23.3. The molecule has 0 unspecified atom stereocenters. The number of benzene rings is 1. The number of nitrogens with one attached hydrogen (secondary N) is 3. The number of carbonyl (C=O) groups is 2. The van der Waals surface area contributed by atoms with E-state index in [2.05, 4.69) is 16.0 Å². The van der Waals surface area contributed by atoms with E-state index in [0.717, 1.165) is 12.0 Å². The smallest absolute Gasteiger partial charge is 0.319 e. The summed E-state index contributed by atoms with van der Waals surface area (Å²) in [5.41, 5.74) is 1.77. The highest BCUT2D eigenvalue weighted by molar-refractivity contribution is 5.93. The Morgan fingerprint density at radius 1 is 1.32 bits per heavy atom. The first kappa shape index (κ1) is 15.0. The van der Waals surface area contributed by atoms with E-state index in [4.69, 9.17) is 0 Å². The van der Waals surface area contributed by atoms with Crippen LogP contribution in [0.2, 0.25) is 0 Å². The lowest BCUT2D eigenvalue weighted by molar-refractivity contribution is -0.122. The highest BCUT2D eigenvalue weighted by Crippen LogP contribution is 2.09. The SMILES string of the molecule is CCCNC(=O)[C@@H](C)NC(=O)Nc1cccc(C)c1. The third-order valence-electron chi connectivity index (χ3n) is 2.57. The number of carbonyl (C=O) groups excluding carboxylic acids is 2. The van der Waals surface area contributed by atoms with Crippen LogP contribution in [0.1, 0.15) is 25.8 Å². The van der Waals surface area contributed by atoms with E-state index in [-0.39, 0.29) is 11.9 Å². The van der Waals surface area contributed by atoms with Crippen molar-refractivity contribution >= 4 is 17.6 Å². The Kier molecular flexibility index (Phi) is 5.85. The van der Waals surface area contributed by atoms with Crippen LogP contribution in [0.4, 0.5) is 10.5 Å². The lowest BCUT2D eigenvalue weighted by atomic mass is 10.2. The summed E-state index contributed by atoms with van der Waals surface area (Å²) in [7, 11) is 0. The molecule has 0 aromatic heterocycles. The van der Waals surface area contributed by atoms with Crippen LogP contribution in [0.3, 0.4) is 0 Å². The summed E-state index contributed by atoms with van der Waals surface area (Å²) in [5, 5.41) is 8.02. The van der Waals surface area contributed by atoms with E-state index < -0.39 is 6.04 Å². The van der Waals surface area contributed by atoms with Gasteiger partial charge in [0.05, 0.1) is 0 Å². The van der Waals surface area contributed by atoms with Gasteiger partial charge in [0, 0.05) is 12.2 Å². The van der Waals surface area contributed by atoms with Gasteiger partial charge in [0.15, 0.2) is 0 Å². The molecule has 1 aromatic rings. The van der Waals surface area contributed by atoms with Crippen molar-refractivity contribution in [1.82, 2.24) is 10.6 Å². The molecule has 0 saturated heterocycles. The van der Waals surface area contributed by atoms with Gasteiger partial charge in [-0.15, -0.1) is 0 Å². The molecule has 1 aromatic carbocycles. The molecule has 1 rings (SSSR count). The number of hydrogen-bond donors (Lipinski definition) is 3. The average Bonchev–Trinajstić information content (AvgIpc) is 2.35. The van der Waals surface area contributed by atoms with E-state index in [1.54, 1.807) is 13.0 Å². The van der Waals surface area contributed by atoms with Crippen molar-refractivity contribution in [3.63, 3.8) is 0 Å². The Hall–Kier alpha value is -2.04. The summed E-state index contributed by atoms with van der Waals surface area (Å²) in [6.07, 6.45) is 0.869. The lowest BCUT2D eigenvalue weighted by Gasteiger charge is -2.14. The standard InChI is InChI=1S/C14H21N3O2/c1-4-8-15-13(18)11(3)16-14(19)17-12-7-5-6-10(2)9-12/h5-7,9,11H,4,8H2,1-3H3,(H,15,18)(H2,16,17,19)/t11-/m1/s1. The summed E-state index contributed by atoms with van der Waals surface area (Å²) >= 11 is 0. The fourth-order valence-corrected chi connectivity index (χ4v) is 1.55. The monoisotopic (exact) mass is 263 g/mol. The quantitative estimate of drug-likeness (QED) is 0.760. The highest BCUT2D eigenvalue weighted by atomic mass is 16.2. The molecule has 3 amide bonds. The zero-order valence-electron chi connectivity index (χ0n) is 11.6. The molecule has 0 saturated carbocycles. The predicted molar refractivity (Wildman–Crippen MR) is 76.1 cm³/mol. The van der Waals surface area contributed by atoms with Gasteiger partial charge in [0.1, 0.15) is 6.04 Å². The largest absolute Gasteiger partial charge is 0.354 e. The van der Waals surface area contributed by atoms with E-state index >= 15 is 0 Å². The van der Waals surface area contributed by atoms with Crippen molar-refractivity contribution in [2.75, 3.05) is 11.9 Å². The molecule has 104 valence electrons. The molecular weight excluding hydrogens is 242 g/mol. The minimum Gasteiger partial charge on any atom is -0.354 e. The van der Waals surface area contributed by atoms with Gasteiger partial charge in [-0.2, -0.15) is 0 Å². The van der Waals surface area contributed by atoms with Crippen LogP contribution >= 0.6 is 0 Å². The van der Waals surface area contributed by atoms with Crippen LogP contribution in [0, 0.1) is 6.92 Å². The maximum absolute atomic E-state index is 11.7. The highest BCUT2D eigenvalue weighted by Gasteiger charge is 2.14. The summed E-state index contributed by atoms with van der Waals surface area (Å²) < 4.78 is 0. The van der Waals surface area contributed by atoms with Gasteiger partial charge in [0.25, 0.3) is 0 Å². The topological polar surface area (TPSA) is 70.2 Å². The third-order valence-corrected chi connectivity index (χ3v) is 2.57. The molecule has 0 spiro atoms. The molecule has 5 heteroatoms. The first-order valence-electron chi connectivity index (χ1n) is 6.44. The van der Waals surface area contributed by atoms with Gasteiger partial charge in [-0.05, 0) is 38.0 Å². The number of rotatable bonds is 5. The summed E-state index contributed by atoms with van der Waals surface area (Å²) in [5.74, 6) is -0.179. The summed E-state index contributed by atoms with van der Waals surface area (Å²) in [6, 6.07) is 6.53. The molecule has 3 N–H and O–H groups in total. The number of hydrogen-bond acceptors (Lipinski definition) is 2. The fraction of sp³-hybridized carbons (Fsp3) is 0.429. The van der Waals surface area contributed by atoms with Gasteiger partial charge >= 0.3 is 6.03 Å². The molecule has 0 aliphatic carbocycles. The fourth-order valence-electron chi connectivity index (χ4n) is 1.55. The van der Waals surface area contributed by atoms with Crippen molar-refractivity contribution < 1.29 is 9.59 Å². The molecule has 0 aliphatic rings. The first-order chi connectivity index (χ1) is 9.02. The minimum atomic E-state index is -0.559. The Morgan fingerprint density at radius 3 is 2.68 bits per heavy atom. The first-order valence-corrected chi connectivity index (χ1v) is 6.44. The number of anilines is 1. The van der Waals surface area contributed by atoms with E-state index in [1.165, 1.54) is 0 Å². The second-order valence-electron chi connectivity index (χ2n) is 4.48. The zero-order valence-corrected chi connectivity index (χ0v) is 11.6. The van der Waals surface area contributed by atoms with Gasteiger partial charge < -0.3 is 16.0 Å². The second kappa shape index (κ2) is 7.41. The van der Waals surface area contributed by atoms with Gasteiger partial charge in [-0.3, -0.25) is 4.79 Å². The van der Waals surface area contributed by atoms with Crippen LogP contribution in [0.25, 0.3) is 0 Å².